The van der Waals surface area contributed by atoms with E-state index in [0.29, 0.717) is 23.3 Å². The normalized spacial score (nSPS) is 14.2. The summed E-state index contributed by atoms with van der Waals surface area (Å²) in [5, 5.41) is 8.95. The van der Waals surface area contributed by atoms with E-state index in [1.54, 1.807) is 0 Å². The zero-order valence-corrected chi connectivity index (χ0v) is 17.9. The minimum atomic E-state index is 0.0831. The molecule has 1 aliphatic rings. The topological polar surface area (TPSA) is 77.0 Å². The molecule has 6 nitrogen and oxygen atoms in total. The van der Waals surface area contributed by atoms with Gasteiger partial charge in [0, 0.05) is 17.8 Å². The number of aromatic nitrogens is 3. The quantitative estimate of drug-likeness (QED) is 0.587. The molecular weight excluding hydrogens is 370 g/mol. The largest absolute Gasteiger partial charge is 0.335 e. The molecule has 3 rings (SSSR count). The third-order valence-electron chi connectivity index (χ3n) is 4.98. The van der Waals surface area contributed by atoms with Crippen LogP contribution in [0.4, 0.5) is 0 Å². The van der Waals surface area contributed by atoms with E-state index in [-0.39, 0.29) is 11.3 Å². The van der Waals surface area contributed by atoms with Crippen LogP contribution in [0.15, 0.2) is 41.2 Å². The summed E-state index contributed by atoms with van der Waals surface area (Å²) >= 11 is 1.33. The maximum atomic E-state index is 12.6. The molecule has 0 saturated heterocycles. The van der Waals surface area contributed by atoms with Gasteiger partial charge in [-0.1, -0.05) is 62.9 Å². The average molecular weight is 400 g/mol. The molecule has 1 aliphatic carbocycles. The third kappa shape index (κ3) is 4.41. The molecule has 0 radical (unpaired) electrons. The number of benzene rings is 1. The number of allylic oxidation sites excluding steroid dienone is 2. The highest BCUT2D eigenvalue weighted by Crippen LogP contribution is 2.27. The third-order valence-corrected chi connectivity index (χ3v) is 5.91. The maximum Gasteiger partial charge on any atom is 0.237 e. The van der Waals surface area contributed by atoms with Gasteiger partial charge in [-0.2, -0.15) is 0 Å². The molecule has 0 fully saturated rings. The Kier molecular flexibility index (Phi) is 6.13. The fraction of sp³-hybridized carbons (Fsp3) is 0.476. The van der Waals surface area contributed by atoms with E-state index in [4.69, 9.17) is 5.84 Å². The second-order valence-electron chi connectivity index (χ2n) is 8.02. The predicted molar refractivity (Wildman–Crippen MR) is 114 cm³/mol. The average Bonchev–Trinajstić information content (AvgIpc) is 3.30. The molecule has 0 unspecified atom stereocenters. The van der Waals surface area contributed by atoms with Crippen LogP contribution in [-0.2, 0) is 10.2 Å². The predicted octanol–water partition coefficient (Wildman–Crippen LogP) is 3.96. The highest BCUT2D eigenvalue weighted by Gasteiger charge is 2.21. The first-order valence-corrected chi connectivity index (χ1v) is 10.7. The fourth-order valence-electron chi connectivity index (χ4n) is 3.33. The Hall–Kier alpha value is -2.28. The van der Waals surface area contributed by atoms with Crippen LogP contribution in [0.2, 0.25) is 0 Å². The number of carbonyl (C=O) groups excluding carboxylic acids is 1. The molecule has 2 aromatic rings. The Labute approximate surface area is 171 Å². The molecule has 0 bridgehead atoms. The number of nitrogens with two attached hydrogens (primary N) is 1. The molecule has 0 saturated carbocycles. The molecule has 28 heavy (non-hydrogen) atoms. The first-order valence-electron chi connectivity index (χ1n) is 9.75. The second-order valence-corrected chi connectivity index (χ2v) is 8.96. The van der Waals surface area contributed by atoms with Crippen LogP contribution in [0.1, 0.15) is 52.5 Å². The lowest BCUT2D eigenvalue weighted by molar-refractivity contribution is -0.126. The summed E-state index contributed by atoms with van der Waals surface area (Å²) in [6.45, 7) is 9.24. The molecule has 1 amide bonds. The molecule has 7 heteroatoms. The summed E-state index contributed by atoms with van der Waals surface area (Å²) in [6, 6.07) is 8.21. The summed E-state index contributed by atoms with van der Waals surface area (Å²) in [4.78, 5) is 14.5. The highest BCUT2D eigenvalue weighted by atomic mass is 32.2. The van der Waals surface area contributed by atoms with Crippen molar-refractivity contribution < 1.29 is 4.79 Å². The van der Waals surface area contributed by atoms with Crippen LogP contribution in [-0.4, -0.2) is 38.0 Å². The molecule has 1 heterocycles. The van der Waals surface area contributed by atoms with Gasteiger partial charge < -0.3 is 10.7 Å². The van der Waals surface area contributed by atoms with E-state index in [9.17, 15) is 4.79 Å². The number of hydrogen-bond acceptors (Lipinski definition) is 5. The number of thioether (sulfide) groups is 1. The number of hydrogen-bond donors (Lipinski definition) is 1. The Balaban J connectivity index is 1.68. The number of nitrogen functional groups attached to an aromatic ring is 1. The van der Waals surface area contributed by atoms with Crippen molar-refractivity contribution in [2.24, 2.45) is 0 Å². The lowest BCUT2D eigenvalue weighted by Crippen LogP contribution is -2.31. The lowest BCUT2D eigenvalue weighted by atomic mass is 9.87. The molecule has 1 aromatic carbocycles. The molecule has 1 aromatic heterocycles. The van der Waals surface area contributed by atoms with Gasteiger partial charge in [0.15, 0.2) is 5.82 Å². The monoisotopic (exact) mass is 399 g/mol. The minimum Gasteiger partial charge on any atom is -0.335 e. The Bertz CT molecular complexity index is 864. The van der Waals surface area contributed by atoms with Crippen LogP contribution in [0.5, 0.6) is 0 Å². The Morgan fingerprint density at radius 2 is 1.96 bits per heavy atom. The van der Waals surface area contributed by atoms with Crippen molar-refractivity contribution in [3.63, 3.8) is 0 Å². The van der Waals surface area contributed by atoms with E-state index in [2.05, 4.69) is 49.2 Å². The van der Waals surface area contributed by atoms with Gasteiger partial charge in [-0.25, -0.2) is 4.68 Å². The van der Waals surface area contributed by atoms with Crippen molar-refractivity contribution in [1.82, 2.24) is 19.8 Å². The van der Waals surface area contributed by atoms with E-state index >= 15 is 0 Å². The van der Waals surface area contributed by atoms with Crippen LogP contribution >= 0.6 is 11.8 Å². The molecule has 0 atom stereocenters. The Morgan fingerprint density at radius 1 is 1.25 bits per heavy atom. The van der Waals surface area contributed by atoms with Gasteiger partial charge in [0.2, 0.25) is 11.1 Å². The molecule has 150 valence electrons. The van der Waals surface area contributed by atoms with Crippen molar-refractivity contribution in [3.8, 4) is 11.4 Å². The van der Waals surface area contributed by atoms with Gasteiger partial charge >= 0.3 is 0 Å². The van der Waals surface area contributed by atoms with Crippen LogP contribution in [0, 0.1) is 0 Å². The van der Waals surface area contributed by atoms with E-state index in [1.807, 2.05) is 24.0 Å². The van der Waals surface area contributed by atoms with Gasteiger partial charge in [-0.3, -0.25) is 4.79 Å². The summed E-state index contributed by atoms with van der Waals surface area (Å²) < 4.78 is 1.47. The van der Waals surface area contributed by atoms with E-state index in [1.165, 1.54) is 22.0 Å². The lowest BCUT2D eigenvalue weighted by Gasteiger charge is -2.21. The fourth-order valence-corrected chi connectivity index (χ4v) is 4.07. The SMILES string of the molecule is CCN(C(=O)CSc1nnc(-c2ccc(C(C)(C)C)cc2)n1N)C1=CCCC1. The summed E-state index contributed by atoms with van der Waals surface area (Å²) in [7, 11) is 0. The van der Waals surface area contributed by atoms with Gasteiger partial charge in [-0.15, -0.1) is 10.2 Å². The van der Waals surface area contributed by atoms with Gasteiger partial charge in [-0.05, 0) is 37.2 Å². The summed E-state index contributed by atoms with van der Waals surface area (Å²) in [5.41, 5.74) is 3.39. The number of nitrogens with zero attached hydrogens (tertiary/aromatic N) is 4. The zero-order chi connectivity index (χ0) is 20.3. The molecular formula is C21H29N5OS. The zero-order valence-electron chi connectivity index (χ0n) is 17.1. The van der Waals surface area contributed by atoms with Gasteiger partial charge in [0.05, 0.1) is 5.75 Å². The van der Waals surface area contributed by atoms with Crippen molar-refractivity contribution in [3.05, 3.63) is 41.6 Å². The minimum absolute atomic E-state index is 0.0831. The van der Waals surface area contributed by atoms with Crippen molar-refractivity contribution in [2.75, 3.05) is 18.1 Å². The smallest absolute Gasteiger partial charge is 0.237 e. The highest BCUT2D eigenvalue weighted by molar-refractivity contribution is 7.99. The second kappa shape index (κ2) is 8.39. The van der Waals surface area contributed by atoms with Crippen LogP contribution in [0.3, 0.4) is 0 Å². The van der Waals surface area contributed by atoms with Crippen molar-refractivity contribution in [2.45, 2.75) is 57.5 Å². The van der Waals surface area contributed by atoms with E-state index < -0.39 is 0 Å². The first-order chi connectivity index (χ1) is 13.3. The van der Waals surface area contributed by atoms with E-state index in [0.717, 1.165) is 30.5 Å². The maximum absolute atomic E-state index is 12.6. The number of amides is 1. The van der Waals surface area contributed by atoms with Gasteiger partial charge in [0.25, 0.3) is 0 Å². The van der Waals surface area contributed by atoms with Crippen molar-refractivity contribution in [1.29, 1.82) is 0 Å². The molecule has 0 aliphatic heterocycles. The summed E-state index contributed by atoms with van der Waals surface area (Å²) in [6.07, 6.45) is 5.32. The number of rotatable bonds is 6. The molecule has 0 spiro atoms. The molecule has 2 N–H and O–H groups in total. The van der Waals surface area contributed by atoms with Gasteiger partial charge in [0.1, 0.15) is 0 Å². The summed E-state index contributed by atoms with van der Waals surface area (Å²) in [5.74, 6) is 7.19. The number of carbonyl (C=O) groups is 1. The van der Waals surface area contributed by atoms with Crippen molar-refractivity contribution >= 4 is 17.7 Å². The standard InChI is InChI=1S/C21H29N5OS/c1-5-25(17-8-6-7-9-17)18(27)14-28-20-24-23-19(26(20)22)15-10-12-16(13-11-15)21(2,3)4/h8,10-13H,5-7,9,14,22H2,1-4H3. The first kappa shape index (κ1) is 20.5. The Morgan fingerprint density at radius 3 is 2.54 bits per heavy atom. The van der Waals surface area contributed by atoms with Crippen LogP contribution in [0.25, 0.3) is 11.4 Å². The van der Waals surface area contributed by atoms with Crippen LogP contribution < -0.4 is 5.84 Å².